The van der Waals surface area contributed by atoms with Gasteiger partial charge in [0.2, 0.25) is 0 Å². The van der Waals surface area contributed by atoms with Gasteiger partial charge in [-0.1, -0.05) is 19.1 Å². The molecule has 0 aliphatic rings. The van der Waals surface area contributed by atoms with Gasteiger partial charge in [0, 0.05) is 19.4 Å². The molecule has 1 aromatic carbocycles. The summed E-state index contributed by atoms with van der Waals surface area (Å²) in [7, 11) is 0. The second-order valence-corrected chi connectivity index (χ2v) is 4.30. The number of benzene rings is 1. The summed E-state index contributed by atoms with van der Waals surface area (Å²) in [5.41, 5.74) is 2.20. The zero-order chi connectivity index (χ0) is 12.3. The Balaban J connectivity index is 2.12. The van der Waals surface area contributed by atoms with Crippen LogP contribution in [-0.2, 0) is 11.3 Å². The van der Waals surface area contributed by atoms with Crippen LogP contribution in [0.25, 0.3) is 11.0 Å². The summed E-state index contributed by atoms with van der Waals surface area (Å²) in [6.45, 7) is 4.81. The predicted molar refractivity (Wildman–Crippen MR) is 69.0 cm³/mol. The molecule has 3 nitrogen and oxygen atoms in total. The van der Waals surface area contributed by atoms with E-state index in [0.717, 1.165) is 29.8 Å². The van der Waals surface area contributed by atoms with E-state index >= 15 is 0 Å². The summed E-state index contributed by atoms with van der Waals surface area (Å²) in [6, 6.07) is 8.13. The van der Waals surface area contributed by atoms with Crippen molar-refractivity contribution in [2.45, 2.75) is 39.7 Å². The van der Waals surface area contributed by atoms with E-state index in [0.29, 0.717) is 18.6 Å². The number of carbonyl (C=O) groups is 1. The maximum atomic E-state index is 11.3. The summed E-state index contributed by atoms with van der Waals surface area (Å²) in [6.07, 6.45) is 2.21. The minimum absolute atomic E-state index is 0.340. The number of para-hydroxylation sites is 2. The third-order valence-corrected chi connectivity index (χ3v) is 3.08. The molecule has 0 atom stereocenters. The van der Waals surface area contributed by atoms with Crippen molar-refractivity contribution in [1.29, 1.82) is 0 Å². The zero-order valence-corrected chi connectivity index (χ0v) is 10.4. The zero-order valence-electron chi connectivity index (χ0n) is 10.4. The van der Waals surface area contributed by atoms with Gasteiger partial charge in [-0.3, -0.25) is 4.79 Å². The summed E-state index contributed by atoms with van der Waals surface area (Å²) in [5, 5.41) is 0. The Morgan fingerprint density at radius 2 is 2.12 bits per heavy atom. The van der Waals surface area contributed by atoms with Crippen molar-refractivity contribution in [3.63, 3.8) is 0 Å². The van der Waals surface area contributed by atoms with Crippen LogP contribution in [0.1, 0.15) is 32.0 Å². The number of fused-ring (bicyclic) bond motifs is 1. The molecular formula is C14H18N2O. The lowest BCUT2D eigenvalue weighted by atomic mass is 10.2. The molecule has 0 fully saturated rings. The van der Waals surface area contributed by atoms with Crippen LogP contribution in [0.2, 0.25) is 0 Å². The van der Waals surface area contributed by atoms with E-state index in [1.807, 2.05) is 32.0 Å². The number of aromatic nitrogens is 2. The maximum Gasteiger partial charge on any atom is 0.132 e. The molecule has 2 rings (SSSR count). The van der Waals surface area contributed by atoms with Gasteiger partial charge >= 0.3 is 0 Å². The molecule has 90 valence electrons. The molecule has 0 amide bonds. The Morgan fingerprint density at radius 3 is 2.88 bits per heavy atom. The highest BCUT2D eigenvalue weighted by Gasteiger charge is 2.06. The van der Waals surface area contributed by atoms with Gasteiger partial charge in [0.15, 0.2) is 0 Å². The standard InChI is InChI=1S/C14H18N2O/c1-3-12(17)7-6-10-16-11(2)15-13-8-4-5-9-14(13)16/h4-5,8-9H,3,6-7,10H2,1-2H3. The van der Waals surface area contributed by atoms with Gasteiger partial charge in [-0.2, -0.15) is 0 Å². The average Bonchev–Trinajstić information content (AvgIpc) is 2.66. The quantitative estimate of drug-likeness (QED) is 0.791. The minimum Gasteiger partial charge on any atom is -0.328 e. The highest BCUT2D eigenvalue weighted by atomic mass is 16.1. The third kappa shape index (κ3) is 2.54. The number of carbonyl (C=O) groups excluding carboxylic acids is 1. The van der Waals surface area contributed by atoms with Crippen molar-refractivity contribution in [2.24, 2.45) is 0 Å². The summed E-state index contributed by atoms with van der Waals surface area (Å²) in [4.78, 5) is 15.8. The molecule has 0 saturated heterocycles. The summed E-state index contributed by atoms with van der Waals surface area (Å²) in [5.74, 6) is 1.36. The Morgan fingerprint density at radius 1 is 1.35 bits per heavy atom. The number of nitrogens with zero attached hydrogens (tertiary/aromatic N) is 2. The monoisotopic (exact) mass is 230 g/mol. The van der Waals surface area contributed by atoms with Gasteiger partial charge in [-0.05, 0) is 25.5 Å². The summed E-state index contributed by atoms with van der Waals surface area (Å²) >= 11 is 0. The fraction of sp³-hybridized carbons (Fsp3) is 0.429. The van der Waals surface area contributed by atoms with Gasteiger partial charge in [0.25, 0.3) is 0 Å². The van der Waals surface area contributed by atoms with Crippen LogP contribution in [0.15, 0.2) is 24.3 Å². The Labute approximate surface area is 101 Å². The first-order valence-corrected chi connectivity index (χ1v) is 6.16. The van der Waals surface area contributed by atoms with E-state index in [1.54, 1.807) is 0 Å². The first-order chi connectivity index (χ1) is 8.22. The molecule has 17 heavy (non-hydrogen) atoms. The first kappa shape index (κ1) is 11.8. The molecule has 2 aromatic rings. The number of imidazole rings is 1. The van der Waals surface area contributed by atoms with Crippen LogP contribution in [-0.4, -0.2) is 15.3 Å². The van der Waals surface area contributed by atoms with Gasteiger partial charge in [-0.15, -0.1) is 0 Å². The Bertz CT molecular complexity index is 528. The van der Waals surface area contributed by atoms with E-state index in [1.165, 1.54) is 0 Å². The van der Waals surface area contributed by atoms with Crippen LogP contribution in [0.4, 0.5) is 0 Å². The first-order valence-electron chi connectivity index (χ1n) is 6.16. The smallest absolute Gasteiger partial charge is 0.132 e. The van der Waals surface area contributed by atoms with Crippen molar-refractivity contribution in [3.05, 3.63) is 30.1 Å². The van der Waals surface area contributed by atoms with Crippen molar-refractivity contribution >= 4 is 16.8 Å². The molecule has 0 saturated carbocycles. The number of Topliss-reactive ketones (excluding diaryl/α,β-unsaturated/α-hetero) is 1. The van der Waals surface area contributed by atoms with E-state index in [4.69, 9.17) is 0 Å². The van der Waals surface area contributed by atoms with Gasteiger partial charge in [0.05, 0.1) is 11.0 Å². The molecule has 0 radical (unpaired) electrons. The second kappa shape index (κ2) is 5.13. The van der Waals surface area contributed by atoms with Crippen molar-refractivity contribution in [1.82, 2.24) is 9.55 Å². The van der Waals surface area contributed by atoms with Crippen LogP contribution >= 0.6 is 0 Å². The molecule has 0 aliphatic carbocycles. The van der Waals surface area contributed by atoms with Gasteiger partial charge < -0.3 is 4.57 Å². The van der Waals surface area contributed by atoms with Gasteiger partial charge in [-0.25, -0.2) is 4.98 Å². The van der Waals surface area contributed by atoms with Crippen LogP contribution in [0.3, 0.4) is 0 Å². The molecule has 0 spiro atoms. The van der Waals surface area contributed by atoms with Crippen molar-refractivity contribution in [2.75, 3.05) is 0 Å². The number of aryl methyl sites for hydroxylation is 2. The van der Waals surface area contributed by atoms with Crippen LogP contribution in [0.5, 0.6) is 0 Å². The molecule has 1 aromatic heterocycles. The highest BCUT2D eigenvalue weighted by Crippen LogP contribution is 2.16. The lowest BCUT2D eigenvalue weighted by Gasteiger charge is -2.05. The lowest BCUT2D eigenvalue weighted by Crippen LogP contribution is -2.03. The SMILES string of the molecule is CCC(=O)CCCn1c(C)nc2ccccc21. The van der Waals surface area contributed by atoms with E-state index < -0.39 is 0 Å². The molecule has 0 N–H and O–H groups in total. The van der Waals surface area contributed by atoms with Crippen LogP contribution < -0.4 is 0 Å². The van der Waals surface area contributed by atoms with Crippen LogP contribution in [0, 0.1) is 6.92 Å². The number of ketones is 1. The second-order valence-electron chi connectivity index (χ2n) is 4.30. The van der Waals surface area contributed by atoms with E-state index in [-0.39, 0.29) is 0 Å². The Kier molecular flexibility index (Phi) is 3.57. The lowest BCUT2D eigenvalue weighted by molar-refractivity contribution is -0.118. The fourth-order valence-electron chi connectivity index (χ4n) is 2.09. The molecular weight excluding hydrogens is 212 g/mol. The molecule has 0 aliphatic heterocycles. The number of rotatable bonds is 5. The van der Waals surface area contributed by atoms with Crippen molar-refractivity contribution in [3.8, 4) is 0 Å². The molecule has 3 heteroatoms. The molecule has 0 bridgehead atoms. The average molecular weight is 230 g/mol. The minimum atomic E-state index is 0.340. The Hall–Kier alpha value is -1.64. The van der Waals surface area contributed by atoms with E-state index in [2.05, 4.69) is 15.6 Å². The molecule has 1 heterocycles. The maximum absolute atomic E-state index is 11.3. The third-order valence-electron chi connectivity index (χ3n) is 3.08. The largest absolute Gasteiger partial charge is 0.328 e. The molecule has 0 unspecified atom stereocenters. The van der Waals surface area contributed by atoms with Gasteiger partial charge in [0.1, 0.15) is 11.6 Å². The normalized spacial score (nSPS) is 10.9. The fourth-order valence-corrected chi connectivity index (χ4v) is 2.09. The highest BCUT2D eigenvalue weighted by molar-refractivity contribution is 5.78. The summed E-state index contributed by atoms with van der Waals surface area (Å²) < 4.78 is 2.19. The predicted octanol–water partition coefficient (Wildman–Crippen LogP) is 3.10. The number of hydrogen-bond acceptors (Lipinski definition) is 2. The topological polar surface area (TPSA) is 34.9 Å². The van der Waals surface area contributed by atoms with Crippen molar-refractivity contribution < 1.29 is 4.79 Å². The number of hydrogen-bond donors (Lipinski definition) is 0. The van der Waals surface area contributed by atoms with E-state index in [9.17, 15) is 4.79 Å².